The van der Waals surface area contributed by atoms with Crippen molar-refractivity contribution in [1.82, 2.24) is 4.90 Å². The number of anilines is 1. The van der Waals surface area contributed by atoms with Crippen molar-refractivity contribution in [2.45, 2.75) is 44.8 Å². The van der Waals surface area contributed by atoms with Crippen molar-refractivity contribution >= 4 is 17.5 Å². The summed E-state index contributed by atoms with van der Waals surface area (Å²) in [5.41, 5.74) is 7.20. The van der Waals surface area contributed by atoms with Crippen LogP contribution in [0.3, 0.4) is 0 Å². The van der Waals surface area contributed by atoms with E-state index in [-0.39, 0.29) is 24.0 Å². The number of benzene rings is 1. The molecule has 1 aromatic rings. The Morgan fingerprint density at radius 2 is 2.04 bits per heavy atom. The summed E-state index contributed by atoms with van der Waals surface area (Å²) < 4.78 is 5.39. The van der Waals surface area contributed by atoms with E-state index in [1.807, 2.05) is 11.8 Å². The lowest BCUT2D eigenvalue weighted by Crippen LogP contribution is -2.42. The molecule has 1 aromatic carbocycles. The zero-order chi connectivity index (χ0) is 17.8. The summed E-state index contributed by atoms with van der Waals surface area (Å²) >= 11 is 0. The molecule has 3 rings (SSSR count). The highest BCUT2D eigenvalue weighted by Gasteiger charge is 2.26. The molecule has 2 aliphatic heterocycles. The molecule has 0 radical (unpaired) electrons. The van der Waals surface area contributed by atoms with Gasteiger partial charge >= 0.3 is 0 Å². The Bertz CT molecular complexity index is 618. The van der Waals surface area contributed by atoms with Gasteiger partial charge in [0.15, 0.2) is 0 Å². The van der Waals surface area contributed by atoms with Gasteiger partial charge in [-0.25, -0.2) is 0 Å². The molecule has 2 fully saturated rings. The fraction of sp³-hybridized carbons (Fsp3) is 0.579. The second-order valence-electron chi connectivity index (χ2n) is 7.06. The van der Waals surface area contributed by atoms with Crippen LogP contribution >= 0.6 is 0 Å². The number of nitrogens with zero attached hydrogens (tertiary/aromatic N) is 1. The molecule has 2 atom stereocenters. The third-order valence-corrected chi connectivity index (χ3v) is 5.17. The number of hydrogen-bond acceptors (Lipinski definition) is 4. The van der Waals surface area contributed by atoms with Crippen molar-refractivity contribution < 1.29 is 14.3 Å². The van der Waals surface area contributed by atoms with Crippen LogP contribution in [0.2, 0.25) is 0 Å². The highest BCUT2D eigenvalue weighted by atomic mass is 16.5. The van der Waals surface area contributed by atoms with Crippen molar-refractivity contribution in [3.05, 3.63) is 29.8 Å². The van der Waals surface area contributed by atoms with Crippen LogP contribution < -0.4 is 11.1 Å². The largest absolute Gasteiger partial charge is 0.368 e. The lowest BCUT2D eigenvalue weighted by atomic mass is 9.90. The Kier molecular flexibility index (Phi) is 5.71. The van der Waals surface area contributed by atoms with E-state index in [9.17, 15) is 9.59 Å². The number of nitrogens with one attached hydrogen (secondary N) is 1. The van der Waals surface area contributed by atoms with E-state index in [2.05, 4.69) is 5.32 Å². The van der Waals surface area contributed by atoms with E-state index in [1.54, 1.807) is 24.3 Å². The van der Waals surface area contributed by atoms with Crippen molar-refractivity contribution in [2.24, 2.45) is 11.7 Å². The first kappa shape index (κ1) is 17.9. The average Bonchev–Trinajstić information content (AvgIpc) is 3.16. The number of rotatable bonds is 4. The van der Waals surface area contributed by atoms with Crippen molar-refractivity contribution in [2.75, 3.05) is 25.0 Å². The number of carbonyl (C=O) groups is 2. The highest BCUT2D eigenvalue weighted by molar-refractivity contribution is 5.98. The monoisotopic (exact) mass is 345 g/mol. The molecule has 25 heavy (non-hydrogen) atoms. The van der Waals surface area contributed by atoms with Crippen LogP contribution in [0.15, 0.2) is 24.3 Å². The average molecular weight is 345 g/mol. The minimum Gasteiger partial charge on any atom is -0.368 e. The Balaban J connectivity index is 1.61. The van der Waals surface area contributed by atoms with E-state index >= 15 is 0 Å². The third kappa shape index (κ3) is 4.38. The molecule has 0 aromatic heterocycles. The van der Waals surface area contributed by atoms with Gasteiger partial charge in [-0.15, -0.1) is 0 Å². The van der Waals surface area contributed by atoms with Gasteiger partial charge in [0.25, 0.3) is 11.8 Å². The predicted molar refractivity (Wildman–Crippen MR) is 96.3 cm³/mol. The molecule has 3 N–H and O–H groups in total. The maximum atomic E-state index is 12.7. The quantitative estimate of drug-likeness (QED) is 0.874. The Labute approximate surface area is 148 Å². The number of nitrogens with two attached hydrogens (primary N) is 1. The van der Waals surface area contributed by atoms with Crippen LogP contribution in [0.5, 0.6) is 0 Å². The van der Waals surface area contributed by atoms with Gasteiger partial charge in [0, 0.05) is 37.0 Å². The summed E-state index contributed by atoms with van der Waals surface area (Å²) in [6.07, 6.45) is 3.17. The van der Waals surface area contributed by atoms with Gasteiger partial charge in [-0.1, -0.05) is 6.07 Å². The molecular formula is C19H27N3O3. The molecule has 0 aliphatic carbocycles. The molecule has 2 heterocycles. The van der Waals surface area contributed by atoms with Crippen LogP contribution in [0.25, 0.3) is 0 Å². The van der Waals surface area contributed by atoms with Gasteiger partial charge in [-0.2, -0.15) is 0 Å². The standard InChI is InChI=1S/C19H27N3O3/c1-13(20)14-7-9-22(10-8-14)19(24)15-4-2-5-16(12-15)21-18(23)17-6-3-11-25-17/h2,4-5,12-14,17H,3,6-11,20H2,1H3,(H,21,23). The maximum absolute atomic E-state index is 12.7. The fourth-order valence-corrected chi connectivity index (χ4v) is 3.55. The molecule has 2 unspecified atom stereocenters. The maximum Gasteiger partial charge on any atom is 0.253 e. The topological polar surface area (TPSA) is 84.7 Å². The summed E-state index contributed by atoms with van der Waals surface area (Å²) in [6.45, 7) is 4.13. The van der Waals surface area contributed by atoms with Gasteiger partial charge in [-0.05, 0) is 56.7 Å². The van der Waals surface area contributed by atoms with Crippen molar-refractivity contribution in [3.63, 3.8) is 0 Å². The number of amides is 2. The smallest absolute Gasteiger partial charge is 0.253 e. The molecular weight excluding hydrogens is 318 g/mol. The molecule has 0 spiro atoms. The van der Waals surface area contributed by atoms with Crippen molar-refractivity contribution in [3.8, 4) is 0 Å². The zero-order valence-electron chi connectivity index (χ0n) is 14.7. The first-order chi connectivity index (χ1) is 12.0. The zero-order valence-corrected chi connectivity index (χ0v) is 14.7. The lowest BCUT2D eigenvalue weighted by Gasteiger charge is -2.33. The first-order valence-corrected chi connectivity index (χ1v) is 9.12. The normalized spacial score (nSPS) is 22.6. The number of hydrogen-bond donors (Lipinski definition) is 2. The van der Waals surface area contributed by atoms with Crippen LogP contribution in [-0.2, 0) is 9.53 Å². The van der Waals surface area contributed by atoms with Gasteiger partial charge in [0.1, 0.15) is 6.10 Å². The van der Waals surface area contributed by atoms with Gasteiger partial charge < -0.3 is 20.7 Å². The molecule has 2 saturated heterocycles. The molecule has 2 aliphatic rings. The summed E-state index contributed by atoms with van der Waals surface area (Å²) in [7, 11) is 0. The molecule has 0 bridgehead atoms. The second-order valence-corrected chi connectivity index (χ2v) is 7.06. The van der Waals surface area contributed by atoms with Gasteiger partial charge in [0.05, 0.1) is 0 Å². The Hall–Kier alpha value is -1.92. The summed E-state index contributed by atoms with van der Waals surface area (Å²) in [4.78, 5) is 26.8. The van der Waals surface area contributed by atoms with Crippen LogP contribution in [0.1, 0.15) is 43.0 Å². The van der Waals surface area contributed by atoms with Gasteiger partial charge in [-0.3, -0.25) is 9.59 Å². The number of carbonyl (C=O) groups excluding carboxylic acids is 2. The second kappa shape index (κ2) is 7.97. The van der Waals surface area contributed by atoms with Gasteiger partial charge in [0.2, 0.25) is 0 Å². The molecule has 6 heteroatoms. The van der Waals surface area contributed by atoms with Crippen LogP contribution in [0, 0.1) is 5.92 Å². The number of ether oxygens (including phenoxy) is 1. The SMILES string of the molecule is CC(N)C1CCN(C(=O)c2cccc(NC(=O)C3CCCO3)c2)CC1. The van der Waals surface area contributed by atoms with E-state index in [0.29, 0.717) is 23.8 Å². The molecule has 6 nitrogen and oxygen atoms in total. The molecule has 136 valence electrons. The highest BCUT2D eigenvalue weighted by Crippen LogP contribution is 2.22. The third-order valence-electron chi connectivity index (χ3n) is 5.17. The summed E-state index contributed by atoms with van der Waals surface area (Å²) in [5.74, 6) is 0.359. The molecule has 0 saturated carbocycles. The van der Waals surface area contributed by atoms with E-state index in [4.69, 9.17) is 10.5 Å². The number of likely N-dealkylation sites (tertiary alicyclic amines) is 1. The van der Waals surface area contributed by atoms with E-state index in [0.717, 1.165) is 38.8 Å². The Morgan fingerprint density at radius 1 is 1.28 bits per heavy atom. The van der Waals surface area contributed by atoms with E-state index in [1.165, 1.54) is 0 Å². The van der Waals surface area contributed by atoms with Crippen LogP contribution in [-0.4, -0.2) is 48.6 Å². The van der Waals surface area contributed by atoms with Crippen molar-refractivity contribution in [1.29, 1.82) is 0 Å². The minimum absolute atomic E-state index is 0.0105. The molecule has 2 amide bonds. The summed E-state index contributed by atoms with van der Waals surface area (Å²) in [5, 5.41) is 2.85. The Morgan fingerprint density at radius 3 is 2.68 bits per heavy atom. The minimum atomic E-state index is -0.378. The first-order valence-electron chi connectivity index (χ1n) is 9.12. The van der Waals surface area contributed by atoms with Crippen LogP contribution in [0.4, 0.5) is 5.69 Å². The lowest BCUT2D eigenvalue weighted by molar-refractivity contribution is -0.124. The predicted octanol–water partition coefficient (Wildman–Crippen LogP) is 2.00. The summed E-state index contributed by atoms with van der Waals surface area (Å²) in [6, 6.07) is 7.31. The fourth-order valence-electron chi connectivity index (χ4n) is 3.55. The van der Waals surface area contributed by atoms with E-state index < -0.39 is 0 Å². The number of piperidine rings is 1.